The van der Waals surface area contributed by atoms with Crippen LogP contribution < -0.4 is 5.32 Å². The lowest BCUT2D eigenvalue weighted by molar-refractivity contribution is -0.141. The molecular formula is C16H19N3O3. The summed E-state index contributed by atoms with van der Waals surface area (Å²) in [7, 11) is 1.77. The molecule has 2 aromatic rings. The highest BCUT2D eigenvalue weighted by molar-refractivity contribution is 5.83. The van der Waals surface area contributed by atoms with Gasteiger partial charge < -0.3 is 15.0 Å². The lowest BCUT2D eigenvalue weighted by atomic mass is 10.2. The van der Waals surface area contributed by atoms with Crippen molar-refractivity contribution in [3.8, 4) is 0 Å². The van der Waals surface area contributed by atoms with E-state index in [0.717, 1.165) is 10.9 Å². The number of nitrogens with zero attached hydrogens (tertiary/aromatic N) is 2. The van der Waals surface area contributed by atoms with E-state index in [1.54, 1.807) is 11.9 Å². The van der Waals surface area contributed by atoms with Crippen molar-refractivity contribution < 1.29 is 14.7 Å². The second-order valence-electron chi connectivity index (χ2n) is 5.80. The number of fused-ring (bicyclic) bond motifs is 1. The minimum Gasteiger partial charge on any atom is -0.480 e. The van der Waals surface area contributed by atoms with Gasteiger partial charge in [0.15, 0.2) is 0 Å². The van der Waals surface area contributed by atoms with Crippen molar-refractivity contribution in [1.29, 1.82) is 0 Å². The van der Waals surface area contributed by atoms with Gasteiger partial charge in [0.2, 0.25) is 5.91 Å². The van der Waals surface area contributed by atoms with Crippen LogP contribution in [0.3, 0.4) is 0 Å². The number of carboxylic acids is 1. The minimum atomic E-state index is -0.837. The first-order valence-corrected chi connectivity index (χ1v) is 7.31. The predicted molar refractivity (Wildman–Crippen MR) is 82.5 cm³/mol. The third kappa shape index (κ3) is 2.82. The van der Waals surface area contributed by atoms with Gasteiger partial charge >= 0.3 is 5.97 Å². The number of carbonyl (C=O) groups is 2. The van der Waals surface area contributed by atoms with Crippen LogP contribution in [-0.2, 0) is 16.1 Å². The van der Waals surface area contributed by atoms with Gasteiger partial charge in [-0.1, -0.05) is 18.2 Å². The molecule has 22 heavy (non-hydrogen) atoms. The molecule has 1 aliphatic rings. The molecule has 1 aromatic heterocycles. The highest BCUT2D eigenvalue weighted by atomic mass is 16.4. The lowest BCUT2D eigenvalue weighted by Gasteiger charge is -2.14. The predicted octanol–water partition coefficient (Wildman–Crippen LogP) is 0.915. The zero-order chi connectivity index (χ0) is 15.7. The Morgan fingerprint density at radius 1 is 1.32 bits per heavy atom. The zero-order valence-electron chi connectivity index (χ0n) is 12.4. The van der Waals surface area contributed by atoms with E-state index in [0.29, 0.717) is 13.0 Å². The summed E-state index contributed by atoms with van der Waals surface area (Å²) in [6.45, 7) is 0.806. The van der Waals surface area contributed by atoms with Gasteiger partial charge in [-0.05, 0) is 31.0 Å². The number of carbonyl (C=O) groups excluding carboxylic acids is 1. The summed E-state index contributed by atoms with van der Waals surface area (Å²) in [5.41, 5.74) is 1.02. The maximum atomic E-state index is 12.2. The zero-order valence-corrected chi connectivity index (χ0v) is 12.4. The molecule has 6 heteroatoms. The Labute approximate surface area is 128 Å². The summed E-state index contributed by atoms with van der Waals surface area (Å²) in [6.07, 6.45) is 2.34. The lowest BCUT2D eigenvalue weighted by Crippen LogP contribution is -2.38. The molecular weight excluding hydrogens is 282 g/mol. The monoisotopic (exact) mass is 301 g/mol. The summed E-state index contributed by atoms with van der Waals surface area (Å²) >= 11 is 0. The molecule has 1 aromatic carbocycles. The number of benzene rings is 1. The standard InChI is InChI=1S/C16H19N3O3/c1-18-9-12(8-14(18)16(21)22)17-15(20)10-19-7-6-11-4-2-3-5-13(11)19/h2-7,12,14H,8-10H2,1H3,(H,17,20)(H,21,22)/t12-,14-/m0/s1. The quantitative estimate of drug-likeness (QED) is 0.880. The van der Waals surface area contributed by atoms with E-state index in [1.807, 2.05) is 41.1 Å². The fourth-order valence-corrected chi connectivity index (χ4v) is 3.10. The first-order valence-electron chi connectivity index (χ1n) is 7.31. The first-order chi connectivity index (χ1) is 10.5. The third-order valence-electron chi connectivity index (χ3n) is 4.19. The number of aliphatic carboxylic acids is 1. The largest absolute Gasteiger partial charge is 0.480 e. The molecule has 0 aliphatic carbocycles. The average molecular weight is 301 g/mol. The van der Waals surface area contributed by atoms with Crippen molar-refractivity contribution in [2.75, 3.05) is 13.6 Å². The SMILES string of the molecule is CN1C[C@@H](NC(=O)Cn2ccc3ccccc32)C[C@H]1C(=O)O. The summed E-state index contributed by atoms with van der Waals surface area (Å²) in [6, 6.07) is 9.25. The van der Waals surface area contributed by atoms with E-state index in [-0.39, 0.29) is 18.5 Å². The van der Waals surface area contributed by atoms with Crippen molar-refractivity contribution in [3.05, 3.63) is 36.5 Å². The van der Waals surface area contributed by atoms with Gasteiger partial charge in [-0.15, -0.1) is 0 Å². The van der Waals surface area contributed by atoms with Crippen LogP contribution in [0.25, 0.3) is 10.9 Å². The summed E-state index contributed by atoms with van der Waals surface area (Å²) in [4.78, 5) is 25.0. The Balaban J connectivity index is 1.63. The van der Waals surface area contributed by atoms with Gasteiger partial charge in [0.05, 0.1) is 0 Å². The van der Waals surface area contributed by atoms with Crippen LogP contribution in [0.5, 0.6) is 0 Å². The number of nitrogens with one attached hydrogen (secondary N) is 1. The Bertz CT molecular complexity index is 709. The van der Waals surface area contributed by atoms with E-state index in [9.17, 15) is 9.59 Å². The van der Waals surface area contributed by atoms with E-state index >= 15 is 0 Å². The molecule has 6 nitrogen and oxygen atoms in total. The van der Waals surface area contributed by atoms with Gasteiger partial charge in [0, 0.05) is 24.3 Å². The van der Waals surface area contributed by atoms with Crippen LogP contribution >= 0.6 is 0 Å². The molecule has 0 unspecified atom stereocenters. The van der Waals surface area contributed by atoms with E-state index in [4.69, 9.17) is 5.11 Å². The van der Waals surface area contributed by atoms with Crippen LogP contribution in [-0.4, -0.2) is 52.1 Å². The highest BCUT2D eigenvalue weighted by Gasteiger charge is 2.34. The average Bonchev–Trinajstić information content (AvgIpc) is 3.03. The smallest absolute Gasteiger partial charge is 0.320 e. The number of hydrogen-bond donors (Lipinski definition) is 2. The molecule has 2 atom stereocenters. The van der Waals surface area contributed by atoms with Crippen molar-refractivity contribution in [1.82, 2.24) is 14.8 Å². The number of para-hydroxylation sites is 1. The molecule has 2 heterocycles. The van der Waals surface area contributed by atoms with Gasteiger partial charge in [-0.2, -0.15) is 0 Å². The minimum absolute atomic E-state index is 0.0919. The van der Waals surface area contributed by atoms with Crippen molar-refractivity contribution in [2.45, 2.75) is 25.0 Å². The number of amides is 1. The summed E-state index contributed by atoms with van der Waals surface area (Å²) in [5.74, 6) is -0.929. The Hall–Kier alpha value is -2.34. The van der Waals surface area contributed by atoms with Crippen LogP contribution in [0.15, 0.2) is 36.5 Å². The molecule has 0 bridgehead atoms. The van der Waals surface area contributed by atoms with Crippen molar-refractivity contribution >= 4 is 22.8 Å². The Morgan fingerprint density at radius 2 is 2.09 bits per heavy atom. The Morgan fingerprint density at radius 3 is 2.82 bits per heavy atom. The molecule has 116 valence electrons. The number of hydrogen-bond acceptors (Lipinski definition) is 3. The number of carboxylic acid groups (broad SMARTS) is 1. The highest BCUT2D eigenvalue weighted by Crippen LogP contribution is 2.17. The van der Waals surface area contributed by atoms with Gasteiger partial charge in [0.25, 0.3) is 0 Å². The molecule has 0 spiro atoms. The van der Waals surface area contributed by atoms with Crippen LogP contribution in [0.4, 0.5) is 0 Å². The van der Waals surface area contributed by atoms with Gasteiger partial charge in [-0.3, -0.25) is 14.5 Å². The summed E-state index contributed by atoms with van der Waals surface area (Å²) in [5, 5.41) is 13.1. The maximum Gasteiger partial charge on any atom is 0.320 e. The van der Waals surface area contributed by atoms with Crippen LogP contribution in [0.2, 0.25) is 0 Å². The number of likely N-dealkylation sites (tertiary alicyclic amines) is 1. The molecule has 1 amide bonds. The normalized spacial score (nSPS) is 22.0. The molecule has 3 rings (SSSR count). The van der Waals surface area contributed by atoms with E-state index in [2.05, 4.69) is 5.32 Å². The van der Waals surface area contributed by atoms with Gasteiger partial charge in [0.1, 0.15) is 12.6 Å². The second-order valence-corrected chi connectivity index (χ2v) is 5.80. The second kappa shape index (κ2) is 5.81. The van der Waals surface area contributed by atoms with E-state index < -0.39 is 12.0 Å². The maximum absolute atomic E-state index is 12.2. The molecule has 1 saturated heterocycles. The Kier molecular flexibility index (Phi) is 3.85. The number of likely N-dealkylation sites (N-methyl/N-ethyl adjacent to an activating group) is 1. The van der Waals surface area contributed by atoms with Crippen molar-refractivity contribution in [2.24, 2.45) is 0 Å². The fourth-order valence-electron chi connectivity index (χ4n) is 3.10. The molecule has 1 aliphatic heterocycles. The third-order valence-corrected chi connectivity index (χ3v) is 4.19. The number of rotatable bonds is 4. The first kappa shape index (κ1) is 14.6. The molecule has 1 fully saturated rings. The van der Waals surface area contributed by atoms with Crippen LogP contribution in [0, 0.1) is 0 Å². The van der Waals surface area contributed by atoms with Crippen molar-refractivity contribution in [3.63, 3.8) is 0 Å². The van der Waals surface area contributed by atoms with Crippen LogP contribution in [0.1, 0.15) is 6.42 Å². The van der Waals surface area contributed by atoms with E-state index in [1.165, 1.54) is 0 Å². The fraction of sp³-hybridized carbons (Fsp3) is 0.375. The topological polar surface area (TPSA) is 74.6 Å². The molecule has 0 saturated carbocycles. The number of aromatic nitrogens is 1. The summed E-state index contributed by atoms with van der Waals surface area (Å²) < 4.78 is 1.90. The molecule has 2 N–H and O–H groups in total. The molecule has 0 radical (unpaired) electrons. The van der Waals surface area contributed by atoms with Gasteiger partial charge in [-0.25, -0.2) is 0 Å².